The van der Waals surface area contributed by atoms with Crippen molar-refractivity contribution in [2.75, 3.05) is 6.54 Å². The Kier molecular flexibility index (Phi) is 5.29. The molecule has 0 heterocycles. The molecule has 16 heavy (non-hydrogen) atoms. The lowest BCUT2D eigenvalue weighted by atomic mass is 9.70. The van der Waals surface area contributed by atoms with E-state index in [1.807, 2.05) is 0 Å². The molecule has 1 saturated carbocycles. The van der Waals surface area contributed by atoms with E-state index >= 15 is 0 Å². The highest BCUT2D eigenvalue weighted by Gasteiger charge is 2.30. The van der Waals surface area contributed by atoms with Crippen molar-refractivity contribution in [1.29, 1.82) is 0 Å². The van der Waals surface area contributed by atoms with Gasteiger partial charge in [-0.1, -0.05) is 41.4 Å². The number of nitrogens with one attached hydrogen (secondary N) is 1. The molecule has 90 valence electrons. The maximum atomic E-state index is 3.55. The molecule has 0 aliphatic heterocycles. The molecule has 0 aromatic heterocycles. The first kappa shape index (κ1) is 14.0. The molecule has 1 fully saturated rings. The van der Waals surface area contributed by atoms with Crippen LogP contribution in [0.5, 0.6) is 0 Å². The SMILES string of the molecule is CC1(CNCc2ccc(Br)cc2)CCC1.Cl. The van der Waals surface area contributed by atoms with Crippen LogP contribution in [0.4, 0.5) is 0 Å². The van der Waals surface area contributed by atoms with Gasteiger partial charge in [-0.3, -0.25) is 0 Å². The summed E-state index contributed by atoms with van der Waals surface area (Å²) in [6.45, 7) is 4.52. The first-order valence-corrected chi connectivity index (χ1v) is 6.42. The third kappa shape index (κ3) is 3.76. The third-order valence-electron chi connectivity index (χ3n) is 3.35. The van der Waals surface area contributed by atoms with E-state index in [1.54, 1.807) is 0 Å². The number of rotatable bonds is 4. The van der Waals surface area contributed by atoms with Gasteiger partial charge in [0.1, 0.15) is 0 Å². The standard InChI is InChI=1S/C13H18BrN.ClH/c1-13(7-2-8-13)10-15-9-11-3-5-12(14)6-4-11;/h3-6,15H,2,7-10H2,1H3;1H. The van der Waals surface area contributed by atoms with Gasteiger partial charge in [0.15, 0.2) is 0 Å². The zero-order valence-corrected chi connectivity index (χ0v) is 12.0. The molecule has 3 heteroatoms. The van der Waals surface area contributed by atoms with Gasteiger partial charge >= 0.3 is 0 Å². The maximum Gasteiger partial charge on any atom is 0.0205 e. The van der Waals surface area contributed by atoms with Crippen molar-refractivity contribution in [3.63, 3.8) is 0 Å². The van der Waals surface area contributed by atoms with Gasteiger partial charge in [-0.2, -0.15) is 0 Å². The summed E-state index contributed by atoms with van der Waals surface area (Å²) in [6, 6.07) is 8.53. The summed E-state index contributed by atoms with van der Waals surface area (Å²) in [4.78, 5) is 0. The van der Waals surface area contributed by atoms with Crippen LogP contribution >= 0.6 is 28.3 Å². The predicted molar refractivity (Wildman–Crippen MR) is 75.1 cm³/mol. The van der Waals surface area contributed by atoms with Crippen LogP contribution in [0.2, 0.25) is 0 Å². The average Bonchev–Trinajstić information content (AvgIpc) is 2.19. The molecule has 0 atom stereocenters. The van der Waals surface area contributed by atoms with Gasteiger partial charge in [-0.25, -0.2) is 0 Å². The fourth-order valence-electron chi connectivity index (χ4n) is 2.07. The van der Waals surface area contributed by atoms with Crippen LogP contribution in [0, 0.1) is 5.41 Å². The highest BCUT2D eigenvalue weighted by molar-refractivity contribution is 9.10. The van der Waals surface area contributed by atoms with E-state index in [0.717, 1.165) is 17.6 Å². The van der Waals surface area contributed by atoms with E-state index < -0.39 is 0 Å². The van der Waals surface area contributed by atoms with Crippen LogP contribution < -0.4 is 5.32 Å². The van der Waals surface area contributed by atoms with E-state index in [9.17, 15) is 0 Å². The fourth-order valence-corrected chi connectivity index (χ4v) is 2.33. The molecule has 1 nitrogen and oxygen atoms in total. The summed E-state index contributed by atoms with van der Waals surface area (Å²) in [5, 5.41) is 3.55. The van der Waals surface area contributed by atoms with Gasteiger partial charge in [0.2, 0.25) is 0 Å². The second kappa shape index (κ2) is 6.04. The quantitative estimate of drug-likeness (QED) is 0.881. The number of hydrogen-bond acceptors (Lipinski definition) is 1. The summed E-state index contributed by atoms with van der Waals surface area (Å²) in [5.74, 6) is 0. The zero-order chi connectivity index (χ0) is 10.7. The summed E-state index contributed by atoms with van der Waals surface area (Å²) >= 11 is 3.45. The molecule has 0 bridgehead atoms. The third-order valence-corrected chi connectivity index (χ3v) is 3.88. The molecular weight excluding hydrogens is 286 g/mol. The topological polar surface area (TPSA) is 12.0 Å². The fraction of sp³-hybridized carbons (Fsp3) is 0.538. The number of halogens is 2. The van der Waals surface area contributed by atoms with Crippen molar-refractivity contribution in [2.45, 2.75) is 32.7 Å². The largest absolute Gasteiger partial charge is 0.312 e. The van der Waals surface area contributed by atoms with Crippen LogP contribution in [-0.2, 0) is 6.54 Å². The normalized spacial score (nSPS) is 17.4. The van der Waals surface area contributed by atoms with Gasteiger partial charge in [-0.05, 0) is 36.0 Å². The number of benzene rings is 1. The van der Waals surface area contributed by atoms with Crippen LogP contribution in [0.3, 0.4) is 0 Å². The number of hydrogen-bond donors (Lipinski definition) is 1. The minimum Gasteiger partial charge on any atom is -0.312 e. The summed E-state index contributed by atoms with van der Waals surface area (Å²) < 4.78 is 1.15. The van der Waals surface area contributed by atoms with Gasteiger partial charge in [0.25, 0.3) is 0 Å². The summed E-state index contributed by atoms with van der Waals surface area (Å²) in [5.41, 5.74) is 1.94. The summed E-state index contributed by atoms with van der Waals surface area (Å²) in [6.07, 6.45) is 4.19. The minimum atomic E-state index is 0. The minimum absolute atomic E-state index is 0. The Hall–Kier alpha value is -0.0500. The monoisotopic (exact) mass is 303 g/mol. The zero-order valence-electron chi connectivity index (χ0n) is 9.63. The van der Waals surface area contributed by atoms with Gasteiger partial charge < -0.3 is 5.32 Å². The van der Waals surface area contributed by atoms with E-state index in [0.29, 0.717) is 5.41 Å². The molecule has 1 aliphatic rings. The Morgan fingerprint density at radius 2 is 1.88 bits per heavy atom. The Balaban J connectivity index is 0.00000128. The van der Waals surface area contributed by atoms with Crippen LogP contribution in [0.1, 0.15) is 31.7 Å². The smallest absolute Gasteiger partial charge is 0.0205 e. The average molecular weight is 305 g/mol. The molecule has 0 radical (unpaired) electrons. The van der Waals surface area contributed by atoms with Crippen molar-refractivity contribution < 1.29 is 0 Å². The predicted octanol–water partition coefficient (Wildman–Crippen LogP) is 4.15. The molecule has 2 rings (SSSR count). The molecule has 0 saturated heterocycles. The molecule has 0 spiro atoms. The Labute approximate surface area is 113 Å². The van der Waals surface area contributed by atoms with E-state index in [-0.39, 0.29) is 12.4 Å². The second-order valence-corrected chi connectivity index (χ2v) is 5.81. The first-order chi connectivity index (χ1) is 7.18. The molecule has 1 aromatic rings. The van der Waals surface area contributed by atoms with E-state index in [2.05, 4.69) is 52.4 Å². The molecule has 1 aliphatic carbocycles. The van der Waals surface area contributed by atoms with Gasteiger partial charge in [0.05, 0.1) is 0 Å². The molecule has 0 unspecified atom stereocenters. The Morgan fingerprint density at radius 3 is 2.38 bits per heavy atom. The maximum absolute atomic E-state index is 3.55. The first-order valence-electron chi connectivity index (χ1n) is 5.63. The van der Waals surface area contributed by atoms with Crippen LogP contribution in [0.25, 0.3) is 0 Å². The van der Waals surface area contributed by atoms with Crippen LogP contribution in [-0.4, -0.2) is 6.54 Å². The molecular formula is C13H19BrClN. The van der Waals surface area contributed by atoms with Gasteiger partial charge in [0, 0.05) is 17.6 Å². The summed E-state index contributed by atoms with van der Waals surface area (Å²) in [7, 11) is 0. The van der Waals surface area contributed by atoms with E-state index in [1.165, 1.54) is 24.8 Å². The lowest BCUT2D eigenvalue weighted by Gasteiger charge is -2.38. The van der Waals surface area contributed by atoms with E-state index in [4.69, 9.17) is 0 Å². The molecule has 1 N–H and O–H groups in total. The second-order valence-electron chi connectivity index (χ2n) is 4.89. The van der Waals surface area contributed by atoms with Crippen molar-refractivity contribution >= 4 is 28.3 Å². The van der Waals surface area contributed by atoms with Crippen molar-refractivity contribution in [3.8, 4) is 0 Å². The lowest BCUT2D eigenvalue weighted by molar-refractivity contribution is 0.156. The highest BCUT2D eigenvalue weighted by Crippen LogP contribution is 2.39. The Morgan fingerprint density at radius 1 is 1.25 bits per heavy atom. The molecule has 1 aromatic carbocycles. The molecule has 0 amide bonds. The Bertz CT molecular complexity index is 319. The lowest BCUT2D eigenvalue weighted by Crippen LogP contribution is -2.36. The van der Waals surface area contributed by atoms with Gasteiger partial charge in [-0.15, -0.1) is 12.4 Å². The van der Waals surface area contributed by atoms with Crippen molar-refractivity contribution in [3.05, 3.63) is 34.3 Å². The van der Waals surface area contributed by atoms with Crippen LogP contribution in [0.15, 0.2) is 28.7 Å². The van der Waals surface area contributed by atoms with Crippen molar-refractivity contribution in [2.24, 2.45) is 5.41 Å². The van der Waals surface area contributed by atoms with Crippen molar-refractivity contribution in [1.82, 2.24) is 5.32 Å². The highest BCUT2D eigenvalue weighted by atomic mass is 79.9.